The van der Waals surface area contributed by atoms with Crippen LogP contribution in [0.4, 0.5) is 0 Å². The van der Waals surface area contributed by atoms with Gasteiger partial charge in [0.2, 0.25) is 0 Å². The summed E-state index contributed by atoms with van der Waals surface area (Å²) in [5, 5.41) is 0. The van der Waals surface area contributed by atoms with Gasteiger partial charge in [-0.05, 0) is 12.0 Å². The highest BCUT2D eigenvalue weighted by Crippen LogP contribution is 2.35. The van der Waals surface area contributed by atoms with Crippen molar-refractivity contribution in [1.82, 2.24) is 15.8 Å². The van der Waals surface area contributed by atoms with Crippen LogP contribution in [0.5, 0.6) is 0 Å². The summed E-state index contributed by atoms with van der Waals surface area (Å²) in [5.74, 6) is 0.303. The fourth-order valence-corrected chi connectivity index (χ4v) is 4.44. The van der Waals surface area contributed by atoms with Gasteiger partial charge in [-0.1, -0.05) is 80.2 Å². The van der Waals surface area contributed by atoms with Crippen LogP contribution in [0.2, 0.25) is 0 Å². The highest BCUT2D eigenvalue weighted by Gasteiger charge is 2.34. The zero-order valence-electron chi connectivity index (χ0n) is 13.8. The molecule has 1 amide bonds. The summed E-state index contributed by atoms with van der Waals surface area (Å²) in [6.07, 6.45) is 5.37. The zero-order valence-corrected chi connectivity index (χ0v) is 15.5. The maximum absolute atomic E-state index is 12.6. The number of amides is 1. The van der Waals surface area contributed by atoms with E-state index in [1.54, 1.807) is 4.90 Å². The number of hydrazine groups is 1. The molecule has 2 fully saturated rings. The Bertz CT molecular complexity index is 632. The number of rotatable bonds is 6. The molecule has 0 spiro atoms. The van der Waals surface area contributed by atoms with Gasteiger partial charge in [0.15, 0.2) is 0 Å². The fourth-order valence-electron chi connectivity index (χ4n) is 3.08. The number of hydrogen-bond acceptors (Lipinski definition) is 5. The van der Waals surface area contributed by atoms with E-state index >= 15 is 0 Å². The molecule has 0 aromatic heterocycles. The number of hydrogen-bond donors (Lipinski definition) is 2. The Morgan fingerprint density at radius 1 is 1.33 bits per heavy atom. The molecule has 2 unspecified atom stereocenters. The molecule has 4 nitrogen and oxygen atoms in total. The number of carbonyl (C=O) groups is 1. The maximum atomic E-state index is 12.6. The van der Waals surface area contributed by atoms with E-state index in [0.29, 0.717) is 4.32 Å². The van der Waals surface area contributed by atoms with Crippen LogP contribution >= 0.6 is 24.0 Å². The average Bonchev–Trinajstić information content (AvgIpc) is 3.16. The maximum Gasteiger partial charge on any atom is 0.265 e. The molecule has 2 N–H and O–H groups in total. The van der Waals surface area contributed by atoms with E-state index in [2.05, 4.69) is 36.0 Å². The van der Waals surface area contributed by atoms with Crippen LogP contribution in [0.15, 0.2) is 41.3 Å². The van der Waals surface area contributed by atoms with Crippen LogP contribution in [0.25, 0.3) is 0 Å². The summed E-state index contributed by atoms with van der Waals surface area (Å²) in [6.45, 7) is 3.70. The van der Waals surface area contributed by atoms with Gasteiger partial charge in [-0.25, -0.2) is 5.43 Å². The van der Waals surface area contributed by atoms with Gasteiger partial charge in [0.1, 0.15) is 4.32 Å². The quantitative estimate of drug-likeness (QED) is 0.462. The Morgan fingerprint density at radius 2 is 2.12 bits per heavy atom. The molecule has 0 saturated carbocycles. The number of carbonyl (C=O) groups excluding carboxylic acids is 1. The number of thiocarbonyl (C=S) groups is 1. The second kappa shape index (κ2) is 8.25. The van der Waals surface area contributed by atoms with E-state index in [1.165, 1.54) is 17.3 Å². The van der Waals surface area contributed by atoms with Gasteiger partial charge in [0.25, 0.3) is 5.91 Å². The second-order valence-electron chi connectivity index (χ2n) is 6.14. The van der Waals surface area contributed by atoms with Crippen LogP contribution in [0.3, 0.4) is 0 Å². The van der Waals surface area contributed by atoms with Crippen molar-refractivity contribution in [2.75, 3.05) is 13.1 Å². The summed E-state index contributed by atoms with van der Waals surface area (Å²) in [6, 6.07) is 10.5. The first-order valence-corrected chi connectivity index (χ1v) is 9.72. The van der Waals surface area contributed by atoms with Crippen molar-refractivity contribution in [2.24, 2.45) is 5.92 Å². The van der Waals surface area contributed by atoms with Crippen molar-refractivity contribution in [1.29, 1.82) is 0 Å². The molecular weight excluding hydrogens is 338 g/mol. The Hall–Kier alpha value is -1.21. The lowest BCUT2D eigenvalue weighted by Gasteiger charge is -2.16. The van der Waals surface area contributed by atoms with E-state index < -0.39 is 0 Å². The molecule has 2 aliphatic heterocycles. The van der Waals surface area contributed by atoms with Crippen molar-refractivity contribution in [3.8, 4) is 0 Å². The summed E-state index contributed by atoms with van der Waals surface area (Å²) in [7, 11) is 0. The van der Waals surface area contributed by atoms with Crippen molar-refractivity contribution in [2.45, 2.75) is 32.2 Å². The third-order valence-corrected chi connectivity index (χ3v) is 5.80. The molecule has 128 valence electrons. The third kappa shape index (κ3) is 3.88. The monoisotopic (exact) mass is 361 g/mol. The van der Waals surface area contributed by atoms with Crippen molar-refractivity contribution >= 4 is 34.2 Å². The first-order chi connectivity index (χ1) is 11.7. The Balaban J connectivity index is 1.71. The molecule has 2 saturated heterocycles. The van der Waals surface area contributed by atoms with Crippen LogP contribution in [0.1, 0.15) is 37.8 Å². The summed E-state index contributed by atoms with van der Waals surface area (Å²) in [4.78, 5) is 15.2. The standard InChI is InChI=1S/C18H23N3OS2/c1-2-3-7-10-21-17(22)15(24-18(21)23)11-14-12-19-20-16(14)13-8-5-4-6-9-13/h4-6,8-9,11,14,16,19-20H,2-3,7,10,12H2,1H3/b15-11-. The SMILES string of the molecule is CCCCCN1C(=O)/C(=C/C2CNNC2c2ccccc2)SC1=S. The van der Waals surface area contributed by atoms with Crippen molar-refractivity contribution < 1.29 is 4.79 Å². The predicted octanol–water partition coefficient (Wildman–Crippen LogP) is 3.39. The van der Waals surface area contributed by atoms with E-state index in [9.17, 15) is 4.79 Å². The smallest absolute Gasteiger partial charge is 0.265 e. The van der Waals surface area contributed by atoms with Crippen LogP contribution in [0, 0.1) is 5.92 Å². The zero-order chi connectivity index (χ0) is 16.9. The van der Waals surface area contributed by atoms with E-state index in [0.717, 1.165) is 37.3 Å². The van der Waals surface area contributed by atoms with Crippen molar-refractivity contribution in [3.05, 3.63) is 46.9 Å². The number of unbranched alkanes of at least 4 members (excludes halogenated alkanes) is 2. The van der Waals surface area contributed by atoms with Gasteiger partial charge in [-0.15, -0.1) is 0 Å². The lowest BCUT2D eigenvalue weighted by Crippen LogP contribution is -2.29. The Morgan fingerprint density at radius 3 is 2.88 bits per heavy atom. The van der Waals surface area contributed by atoms with Gasteiger partial charge in [0.05, 0.1) is 10.9 Å². The highest BCUT2D eigenvalue weighted by atomic mass is 32.2. The van der Waals surface area contributed by atoms with E-state index in [-0.39, 0.29) is 17.9 Å². The molecule has 2 heterocycles. The number of nitrogens with one attached hydrogen (secondary N) is 2. The summed E-state index contributed by atoms with van der Waals surface area (Å²) >= 11 is 6.84. The highest BCUT2D eigenvalue weighted by molar-refractivity contribution is 8.26. The summed E-state index contributed by atoms with van der Waals surface area (Å²) in [5.41, 5.74) is 7.75. The molecular formula is C18H23N3OS2. The van der Waals surface area contributed by atoms with Crippen LogP contribution < -0.4 is 10.9 Å². The van der Waals surface area contributed by atoms with Crippen molar-refractivity contribution in [3.63, 3.8) is 0 Å². The fraction of sp³-hybridized carbons (Fsp3) is 0.444. The summed E-state index contributed by atoms with van der Waals surface area (Å²) < 4.78 is 0.692. The lowest BCUT2D eigenvalue weighted by atomic mass is 9.94. The minimum Gasteiger partial charge on any atom is -0.293 e. The Labute approximate surface area is 153 Å². The molecule has 2 aliphatic rings. The predicted molar refractivity (Wildman–Crippen MR) is 103 cm³/mol. The van der Waals surface area contributed by atoms with Crippen LogP contribution in [-0.2, 0) is 4.79 Å². The number of thioether (sulfide) groups is 1. The molecule has 24 heavy (non-hydrogen) atoms. The minimum atomic E-state index is 0.0693. The van der Waals surface area contributed by atoms with Gasteiger partial charge in [-0.3, -0.25) is 15.1 Å². The van der Waals surface area contributed by atoms with E-state index in [1.807, 2.05) is 18.2 Å². The third-order valence-electron chi connectivity index (χ3n) is 4.41. The van der Waals surface area contributed by atoms with E-state index in [4.69, 9.17) is 12.2 Å². The molecule has 6 heteroatoms. The first-order valence-electron chi connectivity index (χ1n) is 8.49. The molecule has 0 radical (unpaired) electrons. The lowest BCUT2D eigenvalue weighted by molar-refractivity contribution is -0.122. The number of benzene rings is 1. The van der Waals surface area contributed by atoms with Crippen LogP contribution in [-0.4, -0.2) is 28.2 Å². The van der Waals surface area contributed by atoms with Gasteiger partial charge >= 0.3 is 0 Å². The molecule has 1 aromatic carbocycles. The molecule has 2 atom stereocenters. The topological polar surface area (TPSA) is 44.4 Å². The normalized spacial score (nSPS) is 25.9. The molecule has 0 aliphatic carbocycles. The number of nitrogens with zero attached hydrogens (tertiary/aromatic N) is 1. The molecule has 3 rings (SSSR count). The van der Waals surface area contributed by atoms with Gasteiger partial charge < -0.3 is 0 Å². The minimum absolute atomic E-state index is 0.0693. The molecule has 0 bridgehead atoms. The van der Waals surface area contributed by atoms with Gasteiger partial charge in [0, 0.05) is 19.0 Å². The second-order valence-corrected chi connectivity index (χ2v) is 7.82. The average molecular weight is 362 g/mol. The largest absolute Gasteiger partial charge is 0.293 e. The first kappa shape index (κ1) is 17.6. The Kier molecular flexibility index (Phi) is 6.05. The van der Waals surface area contributed by atoms with Gasteiger partial charge in [-0.2, -0.15) is 0 Å². The molecule has 1 aromatic rings.